The zero-order valence-electron chi connectivity index (χ0n) is 5.42. The standard InChI is InChI=1S/C6H11NO2/c1-4(8)6-2-5(9)3-7-6/h5-7,9H,2-3H2,1H3/t5-,6+/m0/s1. The molecule has 0 aliphatic carbocycles. The summed E-state index contributed by atoms with van der Waals surface area (Å²) in [7, 11) is 0. The Kier molecular flexibility index (Phi) is 1.83. The first kappa shape index (κ1) is 6.71. The van der Waals surface area contributed by atoms with Crippen LogP contribution in [0.15, 0.2) is 0 Å². The lowest BCUT2D eigenvalue weighted by atomic mass is 10.1. The molecule has 3 nitrogen and oxygen atoms in total. The summed E-state index contributed by atoms with van der Waals surface area (Å²) in [5.41, 5.74) is 0. The summed E-state index contributed by atoms with van der Waals surface area (Å²) < 4.78 is 0. The van der Waals surface area contributed by atoms with Crippen molar-refractivity contribution in [2.75, 3.05) is 6.54 Å². The van der Waals surface area contributed by atoms with Crippen molar-refractivity contribution in [3.8, 4) is 0 Å². The fourth-order valence-electron chi connectivity index (χ4n) is 1.03. The first-order chi connectivity index (χ1) is 4.20. The molecular weight excluding hydrogens is 118 g/mol. The van der Waals surface area contributed by atoms with Gasteiger partial charge in [0.2, 0.25) is 0 Å². The average molecular weight is 129 g/mol. The van der Waals surface area contributed by atoms with Crippen LogP contribution in [0.3, 0.4) is 0 Å². The summed E-state index contributed by atoms with van der Waals surface area (Å²) in [5, 5.41) is 11.8. The van der Waals surface area contributed by atoms with Crippen LogP contribution in [0.1, 0.15) is 13.3 Å². The SMILES string of the molecule is CC(=O)[C@H]1C[C@H](O)CN1. The minimum Gasteiger partial charge on any atom is -0.392 e. The lowest BCUT2D eigenvalue weighted by Gasteiger charge is -2.01. The van der Waals surface area contributed by atoms with E-state index in [1.54, 1.807) is 0 Å². The molecule has 0 amide bonds. The van der Waals surface area contributed by atoms with Crippen LogP contribution in [0.25, 0.3) is 0 Å². The molecule has 1 heterocycles. The highest BCUT2D eigenvalue weighted by molar-refractivity contribution is 5.81. The Hall–Kier alpha value is -0.410. The predicted octanol–water partition coefficient (Wildman–Crippen LogP) is -0.702. The Labute approximate surface area is 54.1 Å². The summed E-state index contributed by atoms with van der Waals surface area (Å²) in [5.74, 6) is 0.117. The predicted molar refractivity (Wildman–Crippen MR) is 33.1 cm³/mol. The third-order valence-electron chi connectivity index (χ3n) is 1.60. The quantitative estimate of drug-likeness (QED) is 0.492. The van der Waals surface area contributed by atoms with Gasteiger partial charge in [-0.1, -0.05) is 0 Å². The smallest absolute Gasteiger partial charge is 0.146 e. The summed E-state index contributed by atoms with van der Waals surface area (Å²) in [6.07, 6.45) is 0.258. The van der Waals surface area contributed by atoms with Crippen LogP contribution < -0.4 is 5.32 Å². The molecule has 52 valence electrons. The van der Waals surface area contributed by atoms with Crippen LogP contribution in [0.2, 0.25) is 0 Å². The highest BCUT2D eigenvalue weighted by Gasteiger charge is 2.24. The van der Waals surface area contributed by atoms with E-state index in [0.29, 0.717) is 13.0 Å². The van der Waals surface area contributed by atoms with Crippen molar-refractivity contribution in [1.82, 2.24) is 5.32 Å². The maximum absolute atomic E-state index is 10.6. The van der Waals surface area contributed by atoms with Crippen molar-refractivity contribution in [2.24, 2.45) is 0 Å². The first-order valence-electron chi connectivity index (χ1n) is 3.12. The van der Waals surface area contributed by atoms with Gasteiger partial charge in [0.05, 0.1) is 12.1 Å². The van der Waals surface area contributed by atoms with Crippen LogP contribution in [-0.2, 0) is 4.79 Å². The van der Waals surface area contributed by atoms with E-state index in [-0.39, 0.29) is 17.9 Å². The molecule has 0 aromatic heterocycles. The van der Waals surface area contributed by atoms with Gasteiger partial charge in [-0.3, -0.25) is 4.79 Å². The fourth-order valence-corrected chi connectivity index (χ4v) is 1.03. The molecule has 1 rings (SSSR count). The molecule has 1 saturated heterocycles. The number of carbonyl (C=O) groups excluding carboxylic acids is 1. The Morgan fingerprint density at radius 2 is 2.44 bits per heavy atom. The van der Waals surface area contributed by atoms with Crippen molar-refractivity contribution in [3.63, 3.8) is 0 Å². The minimum atomic E-state index is -0.320. The van der Waals surface area contributed by atoms with Gasteiger partial charge in [0.15, 0.2) is 0 Å². The first-order valence-corrected chi connectivity index (χ1v) is 3.12. The second-order valence-electron chi connectivity index (χ2n) is 2.46. The van der Waals surface area contributed by atoms with Gasteiger partial charge in [-0.05, 0) is 13.3 Å². The van der Waals surface area contributed by atoms with Crippen molar-refractivity contribution in [3.05, 3.63) is 0 Å². The van der Waals surface area contributed by atoms with E-state index in [1.807, 2.05) is 0 Å². The molecule has 0 bridgehead atoms. The number of carbonyl (C=O) groups is 1. The van der Waals surface area contributed by atoms with Crippen LogP contribution in [0.4, 0.5) is 0 Å². The van der Waals surface area contributed by atoms with Crippen LogP contribution in [-0.4, -0.2) is 29.6 Å². The molecule has 3 heteroatoms. The highest BCUT2D eigenvalue weighted by Crippen LogP contribution is 2.05. The monoisotopic (exact) mass is 129 g/mol. The van der Waals surface area contributed by atoms with Gasteiger partial charge in [0.1, 0.15) is 5.78 Å². The number of β-amino-alcohol motifs (C(OH)–C–C–N with tert-alkyl or cyclic N) is 1. The largest absolute Gasteiger partial charge is 0.392 e. The second kappa shape index (κ2) is 2.45. The van der Waals surface area contributed by atoms with Crippen molar-refractivity contribution in [1.29, 1.82) is 0 Å². The molecule has 1 aliphatic heterocycles. The van der Waals surface area contributed by atoms with E-state index in [4.69, 9.17) is 5.11 Å². The zero-order valence-corrected chi connectivity index (χ0v) is 5.42. The van der Waals surface area contributed by atoms with Crippen LogP contribution in [0.5, 0.6) is 0 Å². The van der Waals surface area contributed by atoms with Crippen LogP contribution in [0, 0.1) is 0 Å². The lowest BCUT2D eigenvalue weighted by molar-refractivity contribution is -0.118. The summed E-state index contributed by atoms with van der Waals surface area (Å²) >= 11 is 0. The number of ketones is 1. The molecule has 1 aliphatic rings. The van der Waals surface area contributed by atoms with Crippen molar-refractivity contribution in [2.45, 2.75) is 25.5 Å². The van der Waals surface area contributed by atoms with Gasteiger partial charge >= 0.3 is 0 Å². The average Bonchev–Trinajstić information content (AvgIpc) is 2.14. The summed E-state index contributed by atoms with van der Waals surface area (Å²) in [6, 6.07) is -0.0972. The van der Waals surface area contributed by atoms with E-state index >= 15 is 0 Å². The van der Waals surface area contributed by atoms with E-state index in [1.165, 1.54) is 6.92 Å². The van der Waals surface area contributed by atoms with Gasteiger partial charge in [0.25, 0.3) is 0 Å². The molecule has 0 spiro atoms. The maximum atomic E-state index is 10.6. The number of nitrogens with one attached hydrogen (secondary N) is 1. The number of aliphatic hydroxyl groups is 1. The molecule has 0 unspecified atom stereocenters. The number of Topliss-reactive ketones (excluding diaryl/α,β-unsaturated/α-hetero) is 1. The molecule has 0 saturated carbocycles. The van der Waals surface area contributed by atoms with Crippen LogP contribution >= 0.6 is 0 Å². The molecule has 0 radical (unpaired) electrons. The summed E-state index contributed by atoms with van der Waals surface area (Å²) in [4.78, 5) is 10.6. The van der Waals surface area contributed by atoms with Gasteiger partial charge in [0, 0.05) is 6.54 Å². The van der Waals surface area contributed by atoms with Gasteiger partial charge in [-0.25, -0.2) is 0 Å². The number of aliphatic hydroxyl groups excluding tert-OH is 1. The molecule has 9 heavy (non-hydrogen) atoms. The Bertz CT molecular complexity index is 124. The topological polar surface area (TPSA) is 49.3 Å². The highest BCUT2D eigenvalue weighted by atomic mass is 16.3. The van der Waals surface area contributed by atoms with Gasteiger partial charge in [-0.15, -0.1) is 0 Å². The minimum absolute atomic E-state index is 0.0972. The summed E-state index contributed by atoms with van der Waals surface area (Å²) in [6.45, 7) is 2.10. The number of hydrogen-bond donors (Lipinski definition) is 2. The van der Waals surface area contributed by atoms with E-state index in [9.17, 15) is 4.79 Å². The molecule has 1 fully saturated rings. The molecule has 0 aromatic carbocycles. The third-order valence-corrected chi connectivity index (χ3v) is 1.60. The third kappa shape index (κ3) is 1.50. The van der Waals surface area contributed by atoms with E-state index in [2.05, 4.69) is 5.32 Å². The fraction of sp³-hybridized carbons (Fsp3) is 0.833. The van der Waals surface area contributed by atoms with E-state index in [0.717, 1.165) is 0 Å². The zero-order chi connectivity index (χ0) is 6.85. The van der Waals surface area contributed by atoms with Gasteiger partial charge < -0.3 is 10.4 Å². The number of hydrogen-bond acceptors (Lipinski definition) is 3. The Balaban J connectivity index is 2.39. The number of rotatable bonds is 1. The molecule has 2 atom stereocenters. The Morgan fingerprint density at radius 3 is 2.67 bits per heavy atom. The molecule has 0 aromatic rings. The van der Waals surface area contributed by atoms with Gasteiger partial charge in [-0.2, -0.15) is 0 Å². The van der Waals surface area contributed by atoms with Crippen molar-refractivity contribution < 1.29 is 9.90 Å². The molecular formula is C6H11NO2. The van der Waals surface area contributed by atoms with E-state index < -0.39 is 0 Å². The Morgan fingerprint density at radius 1 is 1.78 bits per heavy atom. The maximum Gasteiger partial charge on any atom is 0.146 e. The van der Waals surface area contributed by atoms with Crippen molar-refractivity contribution >= 4 is 5.78 Å². The normalized spacial score (nSPS) is 34.9. The molecule has 2 N–H and O–H groups in total. The second-order valence-corrected chi connectivity index (χ2v) is 2.46. The lowest BCUT2D eigenvalue weighted by Crippen LogP contribution is -2.28.